The van der Waals surface area contributed by atoms with E-state index in [1.165, 1.54) is 0 Å². The van der Waals surface area contributed by atoms with E-state index < -0.39 is 0 Å². The van der Waals surface area contributed by atoms with Crippen LogP contribution < -0.4 is 70.2 Å². The van der Waals surface area contributed by atoms with Gasteiger partial charge in [0.1, 0.15) is 0 Å². The molecular weight excluding hydrogens is 78.0 g/mol. The Morgan fingerprint density at radius 2 is 1.25 bits per heavy atom. The molecule has 0 radical (unpaired) electrons. The summed E-state index contributed by atoms with van der Waals surface area (Å²) < 4.78 is 0. The Morgan fingerprint density at radius 3 is 1.25 bits per heavy atom. The van der Waals surface area contributed by atoms with E-state index in [9.17, 15) is 0 Å². The third-order valence-corrected chi connectivity index (χ3v) is 0. The standard InChI is InChI=1S/K.Li.H2O2.2H/c;;1-2;;/h;;1-2H;;/q2*+1;;2*-1. The molecule has 0 saturated heterocycles. The van der Waals surface area contributed by atoms with E-state index in [4.69, 9.17) is 10.5 Å². The van der Waals surface area contributed by atoms with Gasteiger partial charge in [0.05, 0.1) is 0 Å². The van der Waals surface area contributed by atoms with E-state index in [0.29, 0.717) is 0 Å². The first kappa shape index (κ1) is 16.4. The molecule has 0 rings (SSSR count). The van der Waals surface area contributed by atoms with Crippen molar-refractivity contribution in [1.82, 2.24) is 0 Å². The van der Waals surface area contributed by atoms with Gasteiger partial charge in [-0.2, -0.15) is 0 Å². The third-order valence-electron chi connectivity index (χ3n) is 0. The first-order valence-corrected chi connectivity index (χ1v) is 0.200. The van der Waals surface area contributed by atoms with E-state index >= 15 is 0 Å². The van der Waals surface area contributed by atoms with Gasteiger partial charge in [0.25, 0.3) is 0 Å². The number of hydrogen-bond acceptors (Lipinski definition) is 2. The Kier molecular flexibility index (Phi) is 78.8. The van der Waals surface area contributed by atoms with Crippen molar-refractivity contribution >= 4 is 0 Å². The molecule has 0 aromatic rings. The molecule has 4 heavy (non-hydrogen) atoms. The molecule has 0 amide bonds. The fourth-order valence-corrected chi connectivity index (χ4v) is 0. The fourth-order valence-electron chi connectivity index (χ4n) is 0. The van der Waals surface area contributed by atoms with E-state index in [-0.39, 0.29) is 73.1 Å². The molecule has 0 fully saturated rings. The molecule has 0 aromatic carbocycles. The van der Waals surface area contributed by atoms with Crippen molar-refractivity contribution in [3.63, 3.8) is 0 Å². The molecule has 0 bridgehead atoms. The van der Waals surface area contributed by atoms with Crippen LogP contribution in [0.4, 0.5) is 0 Å². The molecule has 0 aromatic heterocycles. The van der Waals surface area contributed by atoms with Crippen LogP contribution >= 0.6 is 0 Å². The molecule has 0 heterocycles. The summed E-state index contributed by atoms with van der Waals surface area (Å²) in [4.78, 5) is 0. The molecule has 0 atom stereocenters. The van der Waals surface area contributed by atoms with Gasteiger partial charge in [0.15, 0.2) is 0 Å². The zero-order chi connectivity index (χ0) is 2.00. The van der Waals surface area contributed by atoms with Crippen LogP contribution in [0.3, 0.4) is 0 Å². The molecule has 0 aliphatic rings. The van der Waals surface area contributed by atoms with Crippen LogP contribution in [-0.4, -0.2) is 10.5 Å². The summed E-state index contributed by atoms with van der Waals surface area (Å²) in [6, 6.07) is 0. The second kappa shape index (κ2) is 19.2. The summed E-state index contributed by atoms with van der Waals surface area (Å²) in [5, 5.41) is 12.0. The van der Waals surface area contributed by atoms with Gasteiger partial charge in [-0.05, 0) is 0 Å². The predicted molar refractivity (Wildman–Crippen MR) is 7.48 cm³/mol. The maximum Gasteiger partial charge on any atom is 1.00 e. The maximum absolute atomic E-state index is 6.00. The molecule has 2 nitrogen and oxygen atoms in total. The van der Waals surface area contributed by atoms with Crippen molar-refractivity contribution in [2.24, 2.45) is 0 Å². The van der Waals surface area contributed by atoms with Crippen molar-refractivity contribution < 1.29 is 83.6 Å². The van der Waals surface area contributed by atoms with Crippen LogP contribution in [0.1, 0.15) is 2.85 Å². The van der Waals surface area contributed by atoms with Gasteiger partial charge >= 0.3 is 70.2 Å². The second-order valence-corrected chi connectivity index (χ2v) is 0. The van der Waals surface area contributed by atoms with Crippen LogP contribution in [-0.2, 0) is 0 Å². The van der Waals surface area contributed by atoms with E-state index in [1.807, 2.05) is 0 Å². The van der Waals surface area contributed by atoms with Crippen LogP contribution in [0.15, 0.2) is 0 Å². The van der Waals surface area contributed by atoms with E-state index in [2.05, 4.69) is 0 Å². The van der Waals surface area contributed by atoms with Crippen molar-refractivity contribution in [2.45, 2.75) is 0 Å². The van der Waals surface area contributed by atoms with Crippen molar-refractivity contribution in [1.29, 1.82) is 0 Å². The Hall–Kier alpha value is 2.15. The Balaban J connectivity index is -0.000000000833. The van der Waals surface area contributed by atoms with Gasteiger partial charge in [0.2, 0.25) is 0 Å². The Morgan fingerprint density at radius 1 is 1.25 bits per heavy atom. The first-order chi connectivity index (χ1) is 1.00. The minimum Gasteiger partial charge on any atom is -1.00 e. The van der Waals surface area contributed by atoms with Gasteiger partial charge in [-0.15, -0.1) is 0 Å². The molecule has 0 saturated carbocycles. The molecule has 0 aliphatic heterocycles. The van der Waals surface area contributed by atoms with Crippen LogP contribution in [0.25, 0.3) is 0 Å². The second-order valence-electron chi connectivity index (χ2n) is 0. The van der Waals surface area contributed by atoms with Crippen LogP contribution in [0.5, 0.6) is 0 Å². The van der Waals surface area contributed by atoms with E-state index in [0.717, 1.165) is 0 Å². The molecule has 4 heteroatoms. The average Bonchev–Trinajstić information content (AvgIpc) is 1.00. The molecule has 18 valence electrons. The van der Waals surface area contributed by atoms with Crippen molar-refractivity contribution in [2.75, 3.05) is 0 Å². The normalized spacial score (nSPS) is 1.50. The van der Waals surface area contributed by atoms with E-state index in [1.54, 1.807) is 0 Å². The maximum atomic E-state index is 6.00. The molecule has 0 unspecified atom stereocenters. The first-order valence-electron chi connectivity index (χ1n) is 0.200. The monoisotopic (exact) mass is 82.0 g/mol. The summed E-state index contributed by atoms with van der Waals surface area (Å²) >= 11 is 0. The van der Waals surface area contributed by atoms with Gasteiger partial charge in [-0.1, -0.05) is 0 Å². The minimum atomic E-state index is 0. The topological polar surface area (TPSA) is 40.5 Å². The Labute approximate surface area is 82.1 Å². The quantitative estimate of drug-likeness (QED) is 0.174. The van der Waals surface area contributed by atoms with Gasteiger partial charge in [0, 0.05) is 0 Å². The molecule has 2 N–H and O–H groups in total. The van der Waals surface area contributed by atoms with Crippen LogP contribution in [0, 0.1) is 0 Å². The van der Waals surface area contributed by atoms with Gasteiger partial charge in [-0.25, -0.2) is 0 Å². The predicted octanol–water partition coefficient (Wildman–Crippen LogP) is -5.75. The molecule has 0 aliphatic carbocycles. The molecular formula is H4KLiO2. The summed E-state index contributed by atoms with van der Waals surface area (Å²) in [7, 11) is 0. The van der Waals surface area contributed by atoms with Gasteiger partial charge < -0.3 is 2.85 Å². The SMILES string of the molecule is OO.[H-].[H-].[K+].[Li+]. The van der Waals surface area contributed by atoms with Crippen LogP contribution in [0.2, 0.25) is 0 Å². The number of hydrogen-bond donors (Lipinski definition) is 2. The largest absolute Gasteiger partial charge is 1.00 e. The summed E-state index contributed by atoms with van der Waals surface area (Å²) in [6.07, 6.45) is 0. The number of rotatable bonds is 0. The Bertz CT molecular complexity index is 11.5. The zero-order valence-corrected chi connectivity index (χ0v) is 6.02. The van der Waals surface area contributed by atoms with Gasteiger partial charge in [-0.3, -0.25) is 10.5 Å². The van der Waals surface area contributed by atoms with Crippen molar-refractivity contribution in [3.8, 4) is 0 Å². The van der Waals surface area contributed by atoms with Crippen molar-refractivity contribution in [3.05, 3.63) is 0 Å². The average molecular weight is 82.1 g/mol. The summed E-state index contributed by atoms with van der Waals surface area (Å²) in [5.74, 6) is 0. The summed E-state index contributed by atoms with van der Waals surface area (Å²) in [5.41, 5.74) is 0. The minimum absolute atomic E-state index is 0. The smallest absolute Gasteiger partial charge is 1.00 e. The fraction of sp³-hybridized carbons (Fsp3) is 0. The third kappa shape index (κ3) is 8.91. The molecule has 0 spiro atoms. The zero-order valence-electron chi connectivity index (χ0n) is 4.89. The summed E-state index contributed by atoms with van der Waals surface area (Å²) in [6.45, 7) is 0.